The van der Waals surface area contributed by atoms with Gasteiger partial charge in [-0.2, -0.15) is 13.2 Å². The number of aliphatic hydroxyl groups excluding tert-OH is 1. The fourth-order valence-electron chi connectivity index (χ4n) is 3.04. The van der Waals surface area contributed by atoms with Crippen LogP contribution in [0.25, 0.3) is 0 Å². The summed E-state index contributed by atoms with van der Waals surface area (Å²) in [5.74, 6) is 0.211. The molecule has 1 N–H and O–H groups in total. The van der Waals surface area contributed by atoms with Gasteiger partial charge in [0.05, 0.1) is 11.7 Å². The first-order valence-electron chi connectivity index (χ1n) is 7.71. The van der Waals surface area contributed by atoms with Crippen molar-refractivity contribution < 1.29 is 18.3 Å². The van der Waals surface area contributed by atoms with Crippen LogP contribution in [0.3, 0.4) is 0 Å². The van der Waals surface area contributed by atoms with Gasteiger partial charge in [0.2, 0.25) is 0 Å². The highest BCUT2D eigenvalue weighted by molar-refractivity contribution is 5.45. The molecule has 4 nitrogen and oxygen atoms in total. The summed E-state index contributed by atoms with van der Waals surface area (Å²) in [7, 11) is 0. The van der Waals surface area contributed by atoms with Gasteiger partial charge in [-0.1, -0.05) is 0 Å². The quantitative estimate of drug-likeness (QED) is 0.936. The third-order valence-corrected chi connectivity index (χ3v) is 4.24. The number of alkyl halides is 3. The molecule has 0 bridgehead atoms. The molecule has 24 heavy (non-hydrogen) atoms. The summed E-state index contributed by atoms with van der Waals surface area (Å²) in [5, 5.41) is 10.3. The van der Waals surface area contributed by atoms with Gasteiger partial charge in [-0.25, -0.2) is 4.98 Å². The molecule has 7 heteroatoms. The maximum Gasteiger partial charge on any atom is 0.416 e. The van der Waals surface area contributed by atoms with Gasteiger partial charge < -0.3 is 10.0 Å². The van der Waals surface area contributed by atoms with Crippen molar-refractivity contribution in [2.45, 2.75) is 25.6 Å². The van der Waals surface area contributed by atoms with E-state index in [9.17, 15) is 18.3 Å². The van der Waals surface area contributed by atoms with Crippen LogP contribution >= 0.6 is 0 Å². The van der Waals surface area contributed by atoms with Gasteiger partial charge in [-0.15, -0.1) is 0 Å². The average molecular weight is 337 g/mol. The molecule has 2 aromatic heterocycles. The molecule has 0 radical (unpaired) electrons. The average Bonchev–Trinajstić information content (AvgIpc) is 2.88. The Balaban J connectivity index is 1.78. The molecule has 0 aromatic carbocycles. The standard InChI is InChI=1S/C17H18F3N3O/c1-11-6-14(17(18,19)20)8-16(22-11)23-9-13(15(24)10-23)7-12-2-4-21-5-3-12/h2-6,8,13,15,24H,7,9-10H2,1H3/t13-,15-/m1/s1. The maximum absolute atomic E-state index is 13.0. The van der Waals surface area contributed by atoms with Gasteiger partial charge in [0.25, 0.3) is 0 Å². The Morgan fingerprint density at radius 2 is 1.92 bits per heavy atom. The molecule has 0 amide bonds. The highest BCUT2D eigenvalue weighted by Gasteiger charge is 2.35. The first-order valence-corrected chi connectivity index (χ1v) is 7.71. The number of rotatable bonds is 3. The molecule has 1 fully saturated rings. The third-order valence-electron chi connectivity index (χ3n) is 4.24. The molecule has 1 aliphatic heterocycles. The van der Waals surface area contributed by atoms with Crippen LogP contribution in [0, 0.1) is 12.8 Å². The lowest BCUT2D eigenvalue weighted by Gasteiger charge is -2.19. The van der Waals surface area contributed by atoms with E-state index in [-0.39, 0.29) is 18.3 Å². The first kappa shape index (κ1) is 16.7. The minimum absolute atomic E-state index is 0.0518. The molecular weight excluding hydrogens is 319 g/mol. The van der Waals surface area contributed by atoms with Crippen LogP contribution in [0.2, 0.25) is 0 Å². The Morgan fingerprint density at radius 3 is 2.58 bits per heavy atom. The predicted molar refractivity (Wildman–Crippen MR) is 83.6 cm³/mol. The highest BCUT2D eigenvalue weighted by Crippen LogP contribution is 2.33. The normalized spacial score (nSPS) is 21.3. The van der Waals surface area contributed by atoms with Crippen LogP contribution in [0.1, 0.15) is 16.8 Å². The molecule has 0 aliphatic carbocycles. The van der Waals surface area contributed by atoms with Crippen LogP contribution in [-0.2, 0) is 12.6 Å². The zero-order valence-corrected chi connectivity index (χ0v) is 13.2. The number of aryl methyl sites for hydroxylation is 1. The lowest BCUT2D eigenvalue weighted by Crippen LogP contribution is -2.23. The number of aliphatic hydroxyl groups is 1. The van der Waals surface area contributed by atoms with Crippen molar-refractivity contribution in [1.82, 2.24) is 9.97 Å². The van der Waals surface area contributed by atoms with Gasteiger partial charge >= 0.3 is 6.18 Å². The summed E-state index contributed by atoms with van der Waals surface area (Å²) >= 11 is 0. The highest BCUT2D eigenvalue weighted by atomic mass is 19.4. The van der Waals surface area contributed by atoms with Gasteiger partial charge in [0.15, 0.2) is 0 Å². The summed E-state index contributed by atoms with van der Waals surface area (Å²) in [6.45, 7) is 2.29. The summed E-state index contributed by atoms with van der Waals surface area (Å²) in [6.07, 6.45) is -0.983. The van der Waals surface area contributed by atoms with Crippen LogP contribution in [0.15, 0.2) is 36.7 Å². The van der Waals surface area contributed by atoms with Crippen molar-refractivity contribution in [3.05, 3.63) is 53.5 Å². The van der Waals surface area contributed by atoms with Gasteiger partial charge in [-0.05, 0) is 43.2 Å². The second kappa shape index (κ2) is 6.39. The lowest BCUT2D eigenvalue weighted by molar-refractivity contribution is -0.137. The number of nitrogens with zero attached hydrogens (tertiary/aromatic N) is 3. The number of hydrogen-bond donors (Lipinski definition) is 1. The number of halogens is 3. The van der Waals surface area contributed by atoms with Gasteiger partial charge in [0, 0.05) is 37.1 Å². The molecule has 0 unspecified atom stereocenters. The van der Waals surface area contributed by atoms with Crippen molar-refractivity contribution in [2.75, 3.05) is 18.0 Å². The molecule has 1 aliphatic rings. The summed E-state index contributed by atoms with van der Waals surface area (Å²) in [6, 6.07) is 5.84. The van der Waals surface area contributed by atoms with Crippen molar-refractivity contribution in [2.24, 2.45) is 5.92 Å². The van der Waals surface area contributed by atoms with E-state index in [0.29, 0.717) is 18.7 Å². The zero-order chi connectivity index (χ0) is 17.3. The smallest absolute Gasteiger partial charge is 0.391 e. The minimum Gasteiger partial charge on any atom is -0.391 e. The van der Waals surface area contributed by atoms with Crippen molar-refractivity contribution in [1.29, 1.82) is 0 Å². The molecule has 2 aromatic rings. The Morgan fingerprint density at radius 1 is 1.21 bits per heavy atom. The maximum atomic E-state index is 13.0. The van der Waals surface area contributed by atoms with E-state index in [0.717, 1.165) is 17.7 Å². The fourth-order valence-corrected chi connectivity index (χ4v) is 3.04. The number of hydrogen-bond acceptors (Lipinski definition) is 4. The Labute approximate surface area is 138 Å². The number of pyridine rings is 2. The van der Waals surface area contributed by atoms with Crippen LogP contribution in [0.4, 0.5) is 19.0 Å². The van der Waals surface area contributed by atoms with Crippen LogP contribution in [0.5, 0.6) is 0 Å². The van der Waals surface area contributed by atoms with Gasteiger partial charge in [0.1, 0.15) is 5.82 Å². The first-order chi connectivity index (χ1) is 11.3. The van der Waals surface area contributed by atoms with E-state index in [1.807, 2.05) is 12.1 Å². The van der Waals surface area contributed by atoms with Gasteiger partial charge in [-0.3, -0.25) is 4.98 Å². The summed E-state index contributed by atoms with van der Waals surface area (Å²) < 4.78 is 38.9. The molecule has 3 heterocycles. The minimum atomic E-state index is -4.41. The molecular formula is C17H18F3N3O. The Kier molecular flexibility index (Phi) is 4.45. The molecule has 3 rings (SSSR count). The second-order valence-corrected chi connectivity index (χ2v) is 6.15. The number of anilines is 1. The van der Waals surface area contributed by atoms with E-state index in [2.05, 4.69) is 9.97 Å². The van der Waals surface area contributed by atoms with E-state index in [1.54, 1.807) is 24.2 Å². The summed E-state index contributed by atoms with van der Waals surface area (Å²) in [4.78, 5) is 9.89. The van der Waals surface area contributed by atoms with E-state index in [4.69, 9.17) is 0 Å². The van der Waals surface area contributed by atoms with E-state index < -0.39 is 17.8 Å². The SMILES string of the molecule is Cc1cc(C(F)(F)F)cc(N2C[C@@H](Cc3ccncc3)[C@H](O)C2)n1. The lowest BCUT2D eigenvalue weighted by atomic mass is 9.97. The molecule has 2 atom stereocenters. The molecule has 0 saturated carbocycles. The topological polar surface area (TPSA) is 49.2 Å². The molecule has 0 spiro atoms. The van der Waals surface area contributed by atoms with Crippen molar-refractivity contribution in [3.63, 3.8) is 0 Å². The monoisotopic (exact) mass is 337 g/mol. The number of aromatic nitrogens is 2. The largest absolute Gasteiger partial charge is 0.416 e. The third kappa shape index (κ3) is 3.67. The van der Waals surface area contributed by atoms with Crippen molar-refractivity contribution >= 4 is 5.82 Å². The molecule has 1 saturated heterocycles. The van der Waals surface area contributed by atoms with Crippen molar-refractivity contribution in [3.8, 4) is 0 Å². The Bertz CT molecular complexity index is 706. The second-order valence-electron chi connectivity index (χ2n) is 6.15. The summed E-state index contributed by atoms with van der Waals surface area (Å²) in [5.41, 5.74) is 0.646. The van der Waals surface area contributed by atoms with E-state index >= 15 is 0 Å². The molecule has 128 valence electrons. The van der Waals surface area contributed by atoms with Crippen LogP contribution < -0.4 is 4.90 Å². The van der Waals surface area contributed by atoms with E-state index in [1.165, 1.54) is 0 Å². The predicted octanol–water partition coefficient (Wildman–Crippen LogP) is 2.84. The van der Waals surface area contributed by atoms with Crippen LogP contribution in [-0.4, -0.2) is 34.3 Å². The fraction of sp³-hybridized carbons (Fsp3) is 0.412. The number of β-amino-alcohol motifs (C(OH)–C–C–N with tert-alkyl or cyclic N) is 1. The Hall–Kier alpha value is -2.15. The zero-order valence-electron chi connectivity index (χ0n) is 13.2.